The number of alkyl halides is 3. The molecule has 2 rings (SSSR count). The van der Waals surface area contributed by atoms with Gasteiger partial charge in [0.05, 0.1) is 21.7 Å². The number of amides is 1. The molecule has 0 unspecified atom stereocenters. The minimum absolute atomic E-state index is 0.0593. The highest BCUT2D eigenvalue weighted by molar-refractivity contribution is 7.17. The molecule has 0 spiro atoms. The lowest BCUT2D eigenvalue weighted by molar-refractivity contribution is -0.380. The number of pyridine rings is 1. The lowest BCUT2D eigenvalue weighted by Gasteiger charge is -2.07. The van der Waals surface area contributed by atoms with Gasteiger partial charge in [-0.15, -0.1) is 0 Å². The first kappa shape index (κ1) is 14.9. The molecule has 0 bridgehead atoms. The summed E-state index contributed by atoms with van der Waals surface area (Å²) in [4.78, 5) is 24.9. The van der Waals surface area contributed by atoms with Crippen LogP contribution in [0.4, 0.5) is 23.9 Å². The van der Waals surface area contributed by atoms with Gasteiger partial charge in [-0.2, -0.15) is 13.2 Å². The smallest absolute Gasteiger partial charge is 0.320 e. The van der Waals surface area contributed by atoms with Crippen molar-refractivity contribution in [2.45, 2.75) is 6.18 Å². The highest BCUT2D eigenvalue weighted by Crippen LogP contribution is 2.28. The first-order chi connectivity index (χ1) is 9.77. The van der Waals surface area contributed by atoms with Crippen molar-refractivity contribution < 1.29 is 22.9 Å². The molecule has 6 nitrogen and oxygen atoms in total. The quantitative estimate of drug-likeness (QED) is 0.695. The summed E-state index contributed by atoms with van der Waals surface area (Å²) in [5, 5.41) is 12.6. The minimum Gasteiger partial charge on any atom is -0.320 e. The van der Waals surface area contributed by atoms with E-state index >= 15 is 0 Å². The van der Waals surface area contributed by atoms with Crippen LogP contribution in [-0.4, -0.2) is 15.8 Å². The average molecular weight is 317 g/mol. The number of thiophene rings is 1. The summed E-state index contributed by atoms with van der Waals surface area (Å²) in [5.74, 6) is -0.658. The maximum Gasteiger partial charge on any atom is 0.433 e. The van der Waals surface area contributed by atoms with Gasteiger partial charge in [-0.3, -0.25) is 14.9 Å². The van der Waals surface area contributed by atoms with E-state index in [4.69, 9.17) is 0 Å². The summed E-state index contributed by atoms with van der Waals surface area (Å²) in [7, 11) is 0. The maximum atomic E-state index is 12.3. The zero-order valence-electron chi connectivity index (χ0n) is 10.0. The Bertz CT molecular complexity index is 682. The van der Waals surface area contributed by atoms with Crippen molar-refractivity contribution in [2.75, 3.05) is 5.32 Å². The van der Waals surface area contributed by atoms with Crippen LogP contribution in [0.1, 0.15) is 15.4 Å². The molecular formula is C11H6F3N3O3S. The number of rotatable bonds is 3. The van der Waals surface area contributed by atoms with Crippen molar-refractivity contribution in [1.82, 2.24) is 4.98 Å². The molecule has 110 valence electrons. The Morgan fingerprint density at radius 1 is 1.29 bits per heavy atom. The van der Waals surface area contributed by atoms with Gasteiger partial charge in [-0.25, -0.2) is 4.98 Å². The number of halogens is 3. The van der Waals surface area contributed by atoms with Gasteiger partial charge in [0.1, 0.15) is 5.69 Å². The molecule has 0 saturated carbocycles. The van der Waals surface area contributed by atoms with Crippen molar-refractivity contribution in [3.8, 4) is 0 Å². The van der Waals surface area contributed by atoms with E-state index in [1.807, 2.05) is 0 Å². The van der Waals surface area contributed by atoms with Gasteiger partial charge in [0, 0.05) is 6.07 Å². The Labute approximate surface area is 119 Å². The van der Waals surface area contributed by atoms with Gasteiger partial charge in [0.2, 0.25) is 0 Å². The van der Waals surface area contributed by atoms with E-state index in [-0.39, 0.29) is 15.6 Å². The monoisotopic (exact) mass is 317 g/mol. The zero-order valence-corrected chi connectivity index (χ0v) is 10.9. The second kappa shape index (κ2) is 5.48. The third kappa shape index (κ3) is 3.54. The second-order valence-electron chi connectivity index (χ2n) is 3.78. The molecule has 21 heavy (non-hydrogen) atoms. The van der Waals surface area contributed by atoms with Crippen LogP contribution in [0.2, 0.25) is 0 Å². The van der Waals surface area contributed by atoms with Crippen LogP contribution in [0, 0.1) is 10.1 Å². The number of nitro groups is 1. The molecule has 10 heteroatoms. The van der Waals surface area contributed by atoms with Crippen molar-refractivity contribution in [3.63, 3.8) is 0 Å². The number of aromatic nitrogens is 1. The second-order valence-corrected chi connectivity index (χ2v) is 4.84. The number of nitrogens with zero attached hydrogens (tertiary/aromatic N) is 2. The standard InChI is InChI=1S/C11H6F3N3O3S/c12-11(13,14)8-3-1-6(5-15-8)16-10(18)7-2-4-9(21-7)17(19)20/h1-5H,(H,16,18). The van der Waals surface area contributed by atoms with E-state index in [1.54, 1.807) is 0 Å². The van der Waals surface area contributed by atoms with Gasteiger partial charge in [-0.1, -0.05) is 11.3 Å². The molecule has 0 aromatic carbocycles. The molecular weight excluding hydrogens is 311 g/mol. The first-order valence-corrected chi connectivity index (χ1v) is 6.18. The fraction of sp³-hybridized carbons (Fsp3) is 0.0909. The van der Waals surface area contributed by atoms with E-state index in [9.17, 15) is 28.1 Å². The van der Waals surface area contributed by atoms with Crippen molar-refractivity contribution in [1.29, 1.82) is 0 Å². The van der Waals surface area contributed by atoms with Crippen LogP contribution >= 0.6 is 11.3 Å². The molecule has 2 aromatic heterocycles. The average Bonchev–Trinajstić information content (AvgIpc) is 2.88. The third-order valence-corrected chi connectivity index (χ3v) is 3.34. The number of carbonyl (C=O) groups excluding carboxylic acids is 1. The minimum atomic E-state index is -4.56. The Kier molecular flexibility index (Phi) is 3.89. The van der Waals surface area contributed by atoms with Crippen molar-refractivity contribution >= 4 is 27.9 Å². The van der Waals surface area contributed by atoms with E-state index in [1.165, 1.54) is 12.1 Å². The number of hydrogen-bond donors (Lipinski definition) is 1. The van der Waals surface area contributed by atoms with Gasteiger partial charge in [0.25, 0.3) is 5.91 Å². The van der Waals surface area contributed by atoms with Gasteiger partial charge in [0.15, 0.2) is 0 Å². The predicted octanol–water partition coefficient (Wildman–Crippen LogP) is 3.32. The largest absolute Gasteiger partial charge is 0.433 e. The summed E-state index contributed by atoms with van der Waals surface area (Å²) in [6.45, 7) is 0. The first-order valence-electron chi connectivity index (χ1n) is 5.36. The summed E-state index contributed by atoms with van der Waals surface area (Å²) in [6.07, 6.45) is -3.69. The third-order valence-electron chi connectivity index (χ3n) is 2.31. The van der Waals surface area contributed by atoms with Crippen molar-refractivity contribution in [3.05, 3.63) is 51.1 Å². The zero-order chi connectivity index (χ0) is 15.6. The van der Waals surface area contributed by atoms with E-state index in [0.717, 1.165) is 18.3 Å². The Balaban J connectivity index is 2.10. The highest BCUT2D eigenvalue weighted by Gasteiger charge is 2.32. The molecule has 0 aliphatic carbocycles. The normalized spacial score (nSPS) is 11.2. The Hall–Kier alpha value is -2.49. The van der Waals surface area contributed by atoms with Crippen molar-refractivity contribution in [2.24, 2.45) is 0 Å². The van der Waals surface area contributed by atoms with Crippen LogP contribution in [-0.2, 0) is 6.18 Å². The molecule has 0 fully saturated rings. The lowest BCUT2D eigenvalue weighted by atomic mass is 10.3. The van der Waals surface area contributed by atoms with Gasteiger partial charge < -0.3 is 5.32 Å². The number of anilines is 1. The van der Waals surface area contributed by atoms with E-state index in [0.29, 0.717) is 11.3 Å². The summed E-state index contributed by atoms with van der Waals surface area (Å²) >= 11 is 0.664. The van der Waals surface area contributed by atoms with Crippen LogP contribution in [0.5, 0.6) is 0 Å². The van der Waals surface area contributed by atoms with Crippen LogP contribution < -0.4 is 5.32 Å². The molecule has 1 amide bonds. The fourth-order valence-corrected chi connectivity index (χ4v) is 2.09. The molecule has 0 saturated heterocycles. The Morgan fingerprint density at radius 3 is 2.48 bits per heavy atom. The highest BCUT2D eigenvalue weighted by atomic mass is 32.1. The van der Waals surface area contributed by atoms with Crippen LogP contribution in [0.15, 0.2) is 30.5 Å². The molecule has 2 aromatic rings. The molecule has 0 aliphatic heterocycles. The molecule has 1 N–H and O–H groups in total. The van der Waals surface area contributed by atoms with Gasteiger partial charge >= 0.3 is 11.2 Å². The van der Waals surface area contributed by atoms with Crippen LogP contribution in [0.3, 0.4) is 0 Å². The topological polar surface area (TPSA) is 85.1 Å². The molecule has 0 atom stereocenters. The lowest BCUT2D eigenvalue weighted by Crippen LogP contribution is -2.12. The van der Waals surface area contributed by atoms with Gasteiger partial charge in [-0.05, 0) is 18.2 Å². The number of carbonyl (C=O) groups is 1. The molecule has 0 aliphatic rings. The molecule has 2 heterocycles. The SMILES string of the molecule is O=C(Nc1ccc(C(F)(F)F)nc1)c1ccc([N+](=O)[O-])s1. The van der Waals surface area contributed by atoms with Crippen LogP contribution in [0.25, 0.3) is 0 Å². The summed E-state index contributed by atoms with van der Waals surface area (Å²) in [5.41, 5.74) is -1.02. The van der Waals surface area contributed by atoms with E-state index < -0.39 is 22.7 Å². The predicted molar refractivity (Wildman–Crippen MR) is 68.2 cm³/mol. The number of hydrogen-bond acceptors (Lipinski definition) is 5. The fourth-order valence-electron chi connectivity index (χ4n) is 1.38. The van der Waals surface area contributed by atoms with E-state index in [2.05, 4.69) is 10.3 Å². The maximum absolute atomic E-state index is 12.3. The number of nitrogens with one attached hydrogen (secondary N) is 1. The Morgan fingerprint density at radius 2 is 2.00 bits per heavy atom. The summed E-state index contributed by atoms with van der Waals surface area (Å²) in [6, 6.07) is 4.21. The molecule has 0 radical (unpaired) electrons. The summed E-state index contributed by atoms with van der Waals surface area (Å²) < 4.78 is 36.9.